The van der Waals surface area contributed by atoms with Gasteiger partial charge in [-0.2, -0.15) is 5.10 Å². The fourth-order valence-corrected chi connectivity index (χ4v) is 2.30. The second-order valence-electron chi connectivity index (χ2n) is 3.94. The lowest BCUT2D eigenvalue weighted by Gasteiger charge is -1.98. The van der Waals surface area contributed by atoms with E-state index >= 15 is 0 Å². The number of carboxylic acid groups (broad SMARTS) is 1. The third-order valence-corrected chi connectivity index (χ3v) is 3.24. The Bertz CT molecular complexity index is 621. The van der Waals surface area contributed by atoms with Crippen molar-refractivity contribution in [3.8, 4) is 0 Å². The third-order valence-electron chi connectivity index (χ3n) is 2.33. The summed E-state index contributed by atoms with van der Waals surface area (Å²) in [6.07, 6.45) is 3.46. The normalized spacial score (nSPS) is 10.4. The van der Waals surface area contributed by atoms with E-state index in [4.69, 9.17) is 10.8 Å². The summed E-state index contributed by atoms with van der Waals surface area (Å²) >= 11 is 1.38. The van der Waals surface area contributed by atoms with Crippen LogP contribution in [-0.2, 0) is 17.8 Å². The second kappa shape index (κ2) is 6.26. The molecule has 0 aliphatic carbocycles. The van der Waals surface area contributed by atoms with Crippen LogP contribution in [0.4, 0.5) is 5.69 Å². The highest BCUT2D eigenvalue weighted by Crippen LogP contribution is 2.12. The van der Waals surface area contributed by atoms with E-state index in [2.05, 4.69) is 15.4 Å². The molecule has 9 heteroatoms. The van der Waals surface area contributed by atoms with Crippen LogP contribution in [0.1, 0.15) is 15.5 Å². The van der Waals surface area contributed by atoms with E-state index in [1.165, 1.54) is 28.4 Å². The number of carbonyl (C=O) groups excluding carboxylic acids is 1. The number of aromatic nitrogens is 3. The van der Waals surface area contributed by atoms with Crippen molar-refractivity contribution in [1.82, 2.24) is 14.8 Å². The minimum atomic E-state index is -1.00. The number of hydrogen-bond acceptors (Lipinski definition) is 6. The van der Waals surface area contributed by atoms with Gasteiger partial charge in [0.15, 0.2) is 0 Å². The molecule has 2 heterocycles. The summed E-state index contributed by atoms with van der Waals surface area (Å²) < 4.78 is 1.22. The lowest BCUT2D eigenvalue weighted by molar-refractivity contribution is -0.137. The fourth-order valence-electron chi connectivity index (χ4n) is 1.50. The Morgan fingerprint density at radius 1 is 1.50 bits per heavy atom. The quantitative estimate of drug-likeness (QED) is 0.698. The van der Waals surface area contributed by atoms with E-state index in [1.807, 2.05) is 0 Å². The molecule has 0 radical (unpaired) electrons. The van der Waals surface area contributed by atoms with Gasteiger partial charge in [-0.15, -0.1) is 11.3 Å². The summed E-state index contributed by atoms with van der Waals surface area (Å²) in [5.74, 6) is -1.36. The van der Waals surface area contributed by atoms with Crippen molar-refractivity contribution >= 4 is 28.9 Å². The van der Waals surface area contributed by atoms with Gasteiger partial charge in [0.1, 0.15) is 12.2 Å². The largest absolute Gasteiger partial charge is 0.480 e. The maximum atomic E-state index is 11.9. The molecule has 0 aromatic carbocycles. The van der Waals surface area contributed by atoms with Gasteiger partial charge in [0.05, 0.1) is 16.9 Å². The van der Waals surface area contributed by atoms with E-state index in [-0.39, 0.29) is 12.5 Å². The molecule has 0 aliphatic heterocycles. The van der Waals surface area contributed by atoms with Crippen LogP contribution in [0.3, 0.4) is 0 Å². The Hall–Kier alpha value is -2.26. The van der Waals surface area contributed by atoms with Gasteiger partial charge in [0.25, 0.3) is 5.91 Å². The van der Waals surface area contributed by atoms with Crippen LogP contribution in [0.15, 0.2) is 17.8 Å². The predicted octanol–water partition coefficient (Wildman–Crippen LogP) is 0.178. The van der Waals surface area contributed by atoms with E-state index in [9.17, 15) is 9.59 Å². The van der Waals surface area contributed by atoms with Gasteiger partial charge < -0.3 is 16.2 Å². The highest BCUT2D eigenvalue weighted by atomic mass is 32.1. The molecule has 1 amide bonds. The number of nitrogens with two attached hydrogens (primary N) is 1. The topological polar surface area (TPSA) is 123 Å². The molecule has 106 valence electrons. The van der Waals surface area contributed by atoms with Crippen LogP contribution in [-0.4, -0.2) is 38.3 Å². The van der Waals surface area contributed by atoms with E-state index in [0.717, 1.165) is 5.01 Å². The first-order valence-electron chi connectivity index (χ1n) is 5.78. The smallest absolute Gasteiger partial charge is 0.325 e. The Labute approximate surface area is 118 Å². The summed E-state index contributed by atoms with van der Waals surface area (Å²) in [5.41, 5.74) is 6.15. The van der Waals surface area contributed by atoms with Crippen molar-refractivity contribution in [2.75, 3.05) is 11.9 Å². The Kier molecular flexibility index (Phi) is 4.43. The van der Waals surface area contributed by atoms with Crippen molar-refractivity contribution in [2.24, 2.45) is 5.73 Å². The minimum Gasteiger partial charge on any atom is -0.480 e. The van der Waals surface area contributed by atoms with Gasteiger partial charge >= 0.3 is 5.97 Å². The molecule has 0 fully saturated rings. The molecule has 4 N–H and O–H groups in total. The van der Waals surface area contributed by atoms with E-state index in [0.29, 0.717) is 24.3 Å². The molecule has 2 aromatic heterocycles. The summed E-state index contributed by atoms with van der Waals surface area (Å²) in [5, 5.41) is 17.5. The summed E-state index contributed by atoms with van der Waals surface area (Å²) in [6, 6.07) is 0. The molecule has 0 atom stereocenters. The lowest BCUT2D eigenvalue weighted by Crippen LogP contribution is -2.12. The van der Waals surface area contributed by atoms with Crippen LogP contribution in [0.5, 0.6) is 0 Å². The van der Waals surface area contributed by atoms with Crippen molar-refractivity contribution in [3.05, 3.63) is 28.5 Å². The number of amides is 1. The standard InChI is InChI=1S/C11H13N5O3S/c12-2-1-9-15-8(6-20-9)11(19)14-7-3-13-16(4-7)5-10(17)18/h3-4,6H,1-2,5,12H2,(H,14,19)(H,17,18). The summed E-state index contributed by atoms with van der Waals surface area (Å²) in [6.45, 7) is 0.226. The number of thiazole rings is 1. The van der Waals surface area contributed by atoms with Crippen LogP contribution < -0.4 is 11.1 Å². The number of carbonyl (C=O) groups is 2. The first-order chi connectivity index (χ1) is 9.58. The average molecular weight is 295 g/mol. The van der Waals surface area contributed by atoms with Crippen molar-refractivity contribution < 1.29 is 14.7 Å². The molecular weight excluding hydrogens is 282 g/mol. The summed E-state index contributed by atoms with van der Waals surface area (Å²) in [4.78, 5) is 26.6. The molecule has 2 rings (SSSR count). The van der Waals surface area contributed by atoms with Gasteiger partial charge in [-0.1, -0.05) is 0 Å². The molecule has 0 spiro atoms. The van der Waals surface area contributed by atoms with Crippen molar-refractivity contribution in [3.63, 3.8) is 0 Å². The molecule has 8 nitrogen and oxygen atoms in total. The molecule has 0 aliphatic rings. The lowest BCUT2D eigenvalue weighted by atomic mass is 10.4. The predicted molar refractivity (Wildman–Crippen MR) is 72.7 cm³/mol. The van der Waals surface area contributed by atoms with Crippen molar-refractivity contribution in [1.29, 1.82) is 0 Å². The average Bonchev–Trinajstić information content (AvgIpc) is 2.99. The van der Waals surface area contributed by atoms with E-state index < -0.39 is 5.97 Å². The molecular formula is C11H13N5O3S. The Morgan fingerprint density at radius 3 is 3.00 bits per heavy atom. The first-order valence-corrected chi connectivity index (χ1v) is 6.66. The molecule has 0 unspecified atom stereocenters. The maximum absolute atomic E-state index is 11.9. The number of hydrogen-bond donors (Lipinski definition) is 3. The fraction of sp³-hybridized carbons (Fsp3) is 0.273. The Balaban J connectivity index is 1.99. The van der Waals surface area contributed by atoms with Gasteiger partial charge in [-0.05, 0) is 6.54 Å². The highest BCUT2D eigenvalue weighted by Gasteiger charge is 2.12. The van der Waals surface area contributed by atoms with Crippen LogP contribution in [0, 0.1) is 0 Å². The SMILES string of the molecule is NCCc1nc(C(=O)Nc2cnn(CC(=O)O)c2)cs1. The summed E-state index contributed by atoms with van der Waals surface area (Å²) in [7, 11) is 0. The van der Waals surface area contributed by atoms with Gasteiger partial charge in [0, 0.05) is 18.0 Å². The molecule has 0 saturated heterocycles. The van der Waals surface area contributed by atoms with Gasteiger partial charge in [-0.25, -0.2) is 4.98 Å². The van der Waals surface area contributed by atoms with Gasteiger partial charge in [-0.3, -0.25) is 14.3 Å². The Morgan fingerprint density at radius 2 is 2.30 bits per heavy atom. The molecule has 20 heavy (non-hydrogen) atoms. The van der Waals surface area contributed by atoms with Crippen LogP contribution in [0.25, 0.3) is 0 Å². The third kappa shape index (κ3) is 3.62. The van der Waals surface area contributed by atoms with Crippen LogP contribution in [0.2, 0.25) is 0 Å². The first kappa shape index (κ1) is 14.2. The number of anilines is 1. The van der Waals surface area contributed by atoms with Gasteiger partial charge in [0.2, 0.25) is 0 Å². The number of carboxylic acids is 1. The second-order valence-corrected chi connectivity index (χ2v) is 4.88. The van der Waals surface area contributed by atoms with Crippen LogP contribution >= 0.6 is 11.3 Å². The number of nitrogens with one attached hydrogen (secondary N) is 1. The number of aliphatic carboxylic acids is 1. The minimum absolute atomic E-state index is 0.257. The molecule has 0 saturated carbocycles. The monoisotopic (exact) mass is 295 g/mol. The maximum Gasteiger partial charge on any atom is 0.325 e. The number of nitrogens with zero attached hydrogens (tertiary/aromatic N) is 3. The number of rotatable bonds is 6. The zero-order valence-electron chi connectivity index (χ0n) is 10.4. The zero-order valence-corrected chi connectivity index (χ0v) is 11.3. The van der Waals surface area contributed by atoms with Crippen molar-refractivity contribution in [2.45, 2.75) is 13.0 Å². The highest BCUT2D eigenvalue weighted by molar-refractivity contribution is 7.09. The molecule has 0 bridgehead atoms. The molecule has 2 aromatic rings. The zero-order chi connectivity index (χ0) is 14.5. The van der Waals surface area contributed by atoms with E-state index in [1.54, 1.807) is 5.38 Å².